The lowest BCUT2D eigenvalue weighted by Gasteiger charge is -2.10. The van der Waals surface area contributed by atoms with Crippen molar-refractivity contribution in [1.82, 2.24) is 5.32 Å². The third-order valence-corrected chi connectivity index (χ3v) is 5.98. The molecule has 0 radical (unpaired) electrons. The van der Waals surface area contributed by atoms with Crippen molar-refractivity contribution >= 4 is 21.7 Å². The highest BCUT2D eigenvalue weighted by Crippen LogP contribution is 2.25. The Morgan fingerprint density at radius 1 is 1.00 bits per heavy atom. The van der Waals surface area contributed by atoms with E-state index in [0.29, 0.717) is 23.4 Å². The molecule has 10 heteroatoms. The van der Waals surface area contributed by atoms with Crippen molar-refractivity contribution in [3.8, 4) is 11.5 Å². The van der Waals surface area contributed by atoms with Crippen LogP contribution in [0.15, 0.2) is 71.6 Å². The number of ether oxygens (including phenoxy) is 1. The Kier molecular flexibility index (Phi) is 6.74. The van der Waals surface area contributed by atoms with Crippen LogP contribution in [0.25, 0.3) is 0 Å². The molecule has 32 heavy (non-hydrogen) atoms. The van der Waals surface area contributed by atoms with Crippen LogP contribution in [0.4, 0.5) is 5.69 Å². The normalized spacial score (nSPS) is 10.9. The Morgan fingerprint density at radius 2 is 1.62 bits per heavy atom. The van der Waals surface area contributed by atoms with Crippen molar-refractivity contribution in [2.75, 3.05) is 7.11 Å². The zero-order chi connectivity index (χ0) is 23.3. The van der Waals surface area contributed by atoms with E-state index in [1.807, 2.05) is 12.1 Å². The van der Waals surface area contributed by atoms with Crippen molar-refractivity contribution in [3.63, 3.8) is 0 Å². The number of methoxy groups -OCH3 is 1. The lowest BCUT2D eigenvalue weighted by Crippen LogP contribution is -2.22. The fourth-order valence-corrected chi connectivity index (χ4v) is 4.01. The maximum atomic E-state index is 12.6. The summed E-state index contributed by atoms with van der Waals surface area (Å²) in [5.41, 5.74) is 1.15. The van der Waals surface area contributed by atoms with Crippen molar-refractivity contribution in [3.05, 3.63) is 93.5 Å². The maximum absolute atomic E-state index is 12.6. The first-order valence-corrected chi connectivity index (χ1v) is 10.8. The number of rotatable bonds is 8. The number of carbonyl (C=O) groups is 1. The van der Waals surface area contributed by atoms with Gasteiger partial charge in [-0.3, -0.25) is 14.9 Å². The quantitative estimate of drug-likeness (QED) is 0.312. The van der Waals surface area contributed by atoms with E-state index in [1.165, 1.54) is 43.3 Å². The van der Waals surface area contributed by atoms with Gasteiger partial charge in [0.15, 0.2) is 0 Å². The van der Waals surface area contributed by atoms with E-state index in [1.54, 1.807) is 19.2 Å². The maximum Gasteiger partial charge on any atom is 0.339 e. The molecular weight excluding hydrogens is 436 g/mol. The molecule has 0 fully saturated rings. The van der Waals surface area contributed by atoms with Crippen LogP contribution in [0, 0.1) is 17.0 Å². The fourth-order valence-electron chi connectivity index (χ4n) is 2.83. The van der Waals surface area contributed by atoms with Gasteiger partial charge in [-0.1, -0.05) is 18.2 Å². The molecule has 0 aromatic heterocycles. The highest BCUT2D eigenvalue weighted by molar-refractivity contribution is 7.87. The zero-order valence-corrected chi connectivity index (χ0v) is 18.1. The first-order chi connectivity index (χ1) is 15.2. The molecule has 0 saturated carbocycles. The summed E-state index contributed by atoms with van der Waals surface area (Å²) in [5.74, 6) is 0.346. The summed E-state index contributed by atoms with van der Waals surface area (Å²) < 4.78 is 35.4. The predicted octanol–water partition coefficient (Wildman–Crippen LogP) is 3.61. The zero-order valence-electron chi connectivity index (χ0n) is 17.3. The topological polar surface area (TPSA) is 125 Å². The van der Waals surface area contributed by atoms with Gasteiger partial charge in [0.1, 0.15) is 16.4 Å². The highest BCUT2D eigenvalue weighted by Gasteiger charge is 2.23. The van der Waals surface area contributed by atoms with Gasteiger partial charge in [-0.05, 0) is 54.4 Å². The highest BCUT2D eigenvalue weighted by atomic mass is 32.2. The summed E-state index contributed by atoms with van der Waals surface area (Å²) in [6.07, 6.45) is 0. The number of carbonyl (C=O) groups excluding carboxylic acids is 1. The van der Waals surface area contributed by atoms with Gasteiger partial charge >= 0.3 is 10.1 Å². The molecule has 1 amide bonds. The summed E-state index contributed by atoms with van der Waals surface area (Å²) in [7, 11) is -2.73. The first-order valence-electron chi connectivity index (χ1n) is 9.40. The van der Waals surface area contributed by atoms with Crippen LogP contribution in [0.5, 0.6) is 11.5 Å². The smallest absolute Gasteiger partial charge is 0.339 e. The van der Waals surface area contributed by atoms with Gasteiger partial charge < -0.3 is 14.2 Å². The molecule has 0 spiro atoms. The number of nitrogens with one attached hydrogen (secondary N) is 1. The van der Waals surface area contributed by atoms with E-state index < -0.39 is 15.0 Å². The van der Waals surface area contributed by atoms with Crippen LogP contribution in [0.3, 0.4) is 0 Å². The van der Waals surface area contributed by atoms with Crippen molar-refractivity contribution in [1.29, 1.82) is 0 Å². The van der Waals surface area contributed by atoms with Crippen LogP contribution < -0.4 is 14.2 Å². The van der Waals surface area contributed by atoms with Crippen molar-refractivity contribution in [2.24, 2.45) is 0 Å². The molecule has 0 bridgehead atoms. The largest absolute Gasteiger partial charge is 0.497 e. The van der Waals surface area contributed by atoms with E-state index in [0.717, 1.165) is 11.6 Å². The molecule has 1 N–H and O–H groups in total. The second kappa shape index (κ2) is 9.48. The molecule has 0 heterocycles. The Bertz CT molecular complexity index is 1240. The average Bonchev–Trinajstić information content (AvgIpc) is 2.78. The molecule has 0 aliphatic heterocycles. The number of benzene rings is 3. The van der Waals surface area contributed by atoms with Crippen LogP contribution in [0.2, 0.25) is 0 Å². The molecule has 3 rings (SSSR count). The van der Waals surface area contributed by atoms with Crippen LogP contribution >= 0.6 is 0 Å². The van der Waals surface area contributed by atoms with E-state index in [2.05, 4.69) is 5.32 Å². The Hall–Kier alpha value is -3.92. The van der Waals surface area contributed by atoms with Crippen molar-refractivity contribution < 1.29 is 27.1 Å². The lowest BCUT2D eigenvalue weighted by atomic mass is 10.2. The van der Waals surface area contributed by atoms with Crippen LogP contribution in [-0.2, 0) is 16.7 Å². The van der Waals surface area contributed by atoms with Gasteiger partial charge in [-0.2, -0.15) is 8.42 Å². The second-order valence-electron chi connectivity index (χ2n) is 6.80. The van der Waals surface area contributed by atoms with Gasteiger partial charge in [-0.25, -0.2) is 0 Å². The third-order valence-electron chi connectivity index (χ3n) is 4.59. The van der Waals surface area contributed by atoms with Gasteiger partial charge in [0.05, 0.1) is 12.0 Å². The van der Waals surface area contributed by atoms with Crippen LogP contribution in [0.1, 0.15) is 21.5 Å². The summed E-state index contributed by atoms with van der Waals surface area (Å²) >= 11 is 0. The number of hydrogen-bond acceptors (Lipinski definition) is 7. The van der Waals surface area contributed by atoms with E-state index in [9.17, 15) is 23.3 Å². The molecule has 166 valence electrons. The average molecular weight is 456 g/mol. The lowest BCUT2D eigenvalue weighted by molar-refractivity contribution is -0.385. The molecule has 0 saturated heterocycles. The number of non-ortho nitro benzene ring substituents is 1. The Morgan fingerprint density at radius 3 is 2.22 bits per heavy atom. The first kappa shape index (κ1) is 22.8. The number of aryl methyl sites for hydroxylation is 1. The van der Waals surface area contributed by atoms with E-state index >= 15 is 0 Å². The molecule has 0 aliphatic rings. The number of nitro groups is 1. The van der Waals surface area contributed by atoms with Crippen LogP contribution in [-0.4, -0.2) is 26.4 Å². The molecular formula is C22H20N2O7S. The molecule has 9 nitrogen and oxygen atoms in total. The van der Waals surface area contributed by atoms with E-state index in [4.69, 9.17) is 8.92 Å². The minimum atomic E-state index is -4.30. The SMILES string of the molecule is COc1ccc(CNC(=O)c2ccc(OS(=O)(=O)c3cc([N+](=O)[O-])ccc3C)cc2)cc1. The summed E-state index contributed by atoms with van der Waals surface area (Å²) in [4.78, 5) is 22.3. The molecule has 3 aromatic rings. The number of nitro benzene ring substituents is 1. The minimum Gasteiger partial charge on any atom is -0.497 e. The summed E-state index contributed by atoms with van der Waals surface area (Å²) in [6.45, 7) is 1.82. The standard InChI is InChI=1S/C22H20N2O7S/c1-15-3-8-18(24(26)27)13-21(15)32(28,29)31-20-11-6-17(7-12-20)22(25)23-14-16-4-9-19(30-2)10-5-16/h3-13H,14H2,1-2H3,(H,23,25). The predicted molar refractivity (Wildman–Crippen MR) is 116 cm³/mol. The van der Waals surface area contributed by atoms with Gasteiger partial charge in [-0.15, -0.1) is 0 Å². The number of nitrogens with zero attached hydrogens (tertiary/aromatic N) is 1. The van der Waals surface area contributed by atoms with Gasteiger partial charge in [0.2, 0.25) is 0 Å². The minimum absolute atomic E-state index is 0.0254. The van der Waals surface area contributed by atoms with Gasteiger partial charge in [0.25, 0.3) is 11.6 Å². The molecule has 0 atom stereocenters. The Labute approximate surface area is 184 Å². The third kappa shape index (κ3) is 5.41. The molecule has 0 aliphatic carbocycles. The van der Waals surface area contributed by atoms with E-state index in [-0.39, 0.29) is 22.2 Å². The fraction of sp³-hybridized carbons (Fsp3) is 0.136. The van der Waals surface area contributed by atoms with Crippen molar-refractivity contribution in [2.45, 2.75) is 18.4 Å². The summed E-state index contributed by atoms with van der Waals surface area (Å²) in [6, 6.07) is 16.3. The Balaban J connectivity index is 1.67. The second-order valence-corrected chi connectivity index (χ2v) is 8.31. The van der Waals surface area contributed by atoms with Gasteiger partial charge in [0, 0.05) is 24.2 Å². The summed E-state index contributed by atoms with van der Waals surface area (Å²) in [5, 5.41) is 13.7. The monoisotopic (exact) mass is 456 g/mol. The molecule has 0 unspecified atom stereocenters. The number of amides is 1. The number of hydrogen-bond donors (Lipinski definition) is 1. The molecule has 3 aromatic carbocycles.